The summed E-state index contributed by atoms with van der Waals surface area (Å²) in [6, 6.07) is 3.73. The zero-order valence-electron chi connectivity index (χ0n) is 16.1. The molecule has 0 amide bonds. The molecule has 1 N–H and O–H groups in total. The van der Waals surface area contributed by atoms with Crippen molar-refractivity contribution in [2.75, 3.05) is 26.3 Å². The van der Waals surface area contributed by atoms with Gasteiger partial charge in [0, 0.05) is 37.7 Å². The number of ether oxygens (including phenoxy) is 2. The van der Waals surface area contributed by atoms with Crippen LogP contribution in [-0.2, 0) is 4.74 Å². The molecular weight excluding hydrogens is 399 g/mol. The summed E-state index contributed by atoms with van der Waals surface area (Å²) >= 11 is 5.53. The SMILES string of the molecule is Cc1ccnc(Cl)c1.Cl.c1cnc(C2CCOCC2)c(OC2CCNCC2)n1. The molecule has 28 heavy (non-hydrogen) atoms. The Balaban J connectivity index is 0.000000264. The van der Waals surface area contributed by atoms with Gasteiger partial charge < -0.3 is 14.8 Å². The highest BCUT2D eigenvalue weighted by Crippen LogP contribution is 2.31. The lowest BCUT2D eigenvalue weighted by molar-refractivity contribution is 0.0821. The number of pyridine rings is 1. The van der Waals surface area contributed by atoms with Crippen molar-refractivity contribution in [2.45, 2.75) is 44.6 Å². The van der Waals surface area contributed by atoms with E-state index in [4.69, 9.17) is 21.1 Å². The molecule has 0 saturated carbocycles. The Morgan fingerprint density at radius 2 is 1.75 bits per heavy atom. The van der Waals surface area contributed by atoms with E-state index in [9.17, 15) is 0 Å². The predicted octanol–water partition coefficient (Wildman–Crippen LogP) is 3.97. The largest absolute Gasteiger partial charge is 0.473 e. The summed E-state index contributed by atoms with van der Waals surface area (Å²) in [5, 5.41) is 3.91. The Labute approximate surface area is 177 Å². The number of aryl methyl sites for hydroxylation is 1. The summed E-state index contributed by atoms with van der Waals surface area (Å²) < 4.78 is 11.5. The molecule has 0 radical (unpaired) electrons. The Kier molecular flexibility index (Phi) is 9.92. The number of nitrogens with one attached hydrogen (secondary N) is 1. The third-order valence-electron chi connectivity index (χ3n) is 4.75. The molecule has 2 aliphatic rings. The minimum atomic E-state index is 0. The minimum Gasteiger partial charge on any atom is -0.473 e. The Morgan fingerprint density at radius 3 is 2.39 bits per heavy atom. The van der Waals surface area contributed by atoms with Crippen molar-refractivity contribution in [3.05, 3.63) is 47.1 Å². The number of rotatable bonds is 3. The van der Waals surface area contributed by atoms with Crippen LogP contribution in [0.4, 0.5) is 0 Å². The van der Waals surface area contributed by atoms with E-state index in [1.54, 1.807) is 18.6 Å². The lowest BCUT2D eigenvalue weighted by Crippen LogP contribution is -2.34. The van der Waals surface area contributed by atoms with Crippen molar-refractivity contribution in [3.8, 4) is 5.88 Å². The van der Waals surface area contributed by atoms with Crippen LogP contribution in [0.5, 0.6) is 5.88 Å². The summed E-state index contributed by atoms with van der Waals surface area (Å²) in [4.78, 5) is 12.7. The van der Waals surface area contributed by atoms with Crippen LogP contribution in [0.25, 0.3) is 0 Å². The van der Waals surface area contributed by atoms with E-state index >= 15 is 0 Å². The molecule has 0 aromatic carbocycles. The number of halogens is 2. The highest BCUT2D eigenvalue weighted by molar-refractivity contribution is 6.29. The van der Waals surface area contributed by atoms with Crippen LogP contribution >= 0.6 is 24.0 Å². The first-order valence-corrected chi connectivity index (χ1v) is 9.94. The summed E-state index contributed by atoms with van der Waals surface area (Å²) in [5.74, 6) is 1.17. The second-order valence-electron chi connectivity index (χ2n) is 6.86. The van der Waals surface area contributed by atoms with Crippen LogP contribution in [0.15, 0.2) is 30.7 Å². The van der Waals surface area contributed by atoms with E-state index < -0.39 is 0 Å². The maximum atomic E-state index is 6.09. The molecule has 4 rings (SSSR count). The number of nitrogens with zero attached hydrogens (tertiary/aromatic N) is 3. The maximum absolute atomic E-state index is 6.09. The molecule has 0 atom stereocenters. The standard InChI is InChI=1S/C14H21N3O2.C6H6ClN.ClH/c1-5-15-6-2-12(1)19-14-13(16-7-8-17-14)11-3-9-18-10-4-11;1-5-2-3-8-6(7)4-5;/h7-8,11-12,15H,1-6,9-10H2;2-4H,1H3;1H. The highest BCUT2D eigenvalue weighted by atomic mass is 35.5. The molecular formula is C20H28Cl2N4O2. The first-order valence-electron chi connectivity index (χ1n) is 9.56. The van der Waals surface area contributed by atoms with Gasteiger partial charge in [-0.05, 0) is 63.4 Å². The summed E-state index contributed by atoms with van der Waals surface area (Å²) in [6.07, 6.45) is 9.57. The molecule has 2 aliphatic heterocycles. The Bertz CT molecular complexity index is 691. The van der Waals surface area contributed by atoms with Gasteiger partial charge in [-0.2, -0.15) is 0 Å². The fourth-order valence-corrected chi connectivity index (χ4v) is 3.48. The number of hydrogen-bond donors (Lipinski definition) is 1. The van der Waals surface area contributed by atoms with Gasteiger partial charge in [-0.15, -0.1) is 12.4 Å². The second-order valence-corrected chi connectivity index (χ2v) is 7.24. The van der Waals surface area contributed by atoms with Gasteiger partial charge in [0.25, 0.3) is 0 Å². The first kappa shape index (κ1) is 22.8. The summed E-state index contributed by atoms with van der Waals surface area (Å²) in [5.41, 5.74) is 2.16. The van der Waals surface area contributed by atoms with Gasteiger partial charge in [0.05, 0.1) is 0 Å². The second kappa shape index (κ2) is 12.2. The van der Waals surface area contributed by atoms with Crippen LogP contribution in [0.3, 0.4) is 0 Å². The average Bonchev–Trinajstić information content (AvgIpc) is 2.70. The number of hydrogen-bond acceptors (Lipinski definition) is 6. The molecule has 8 heteroatoms. The van der Waals surface area contributed by atoms with Crippen LogP contribution in [0, 0.1) is 6.92 Å². The molecule has 0 spiro atoms. The van der Waals surface area contributed by atoms with E-state index in [1.165, 1.54) is 0 Å². The lowest BCUT2D eigenvalue weighted by atomic mass is 9.96. The van der Waals surface area contributed by atoms with E-state index in [0.717, 1.165) is 69.1 Å². The predicted molar refractivity (Wildman–Crippen MR) is 113 cm³/mol. The topological polar surface area (TPSA) is 69.2 Å². The molecule has 0 unspecified atom stereocenters. The highest BCUT2D eigenvalue weighted by Gasteiger charge is 2.24. The van der Waals surface area contributed by atoms with Crippen LogP contribution in [0.2, 0.25) is 5.15 Å². The molecule has 2 aromatic heterocycles. The summed E-state index contributed by atoms with van der Waals surface area (Å²) in [7, 11) is 0. The molecule has 0 bridgehead atoms. The van der Waals surface area contributed by atoms with Crippen molar-refractivity contribution in [1.29, 1.82) is 0 Å². The van der Waals surface area contributed by atoms with Gasteiger partial charge in [-0.1, -0.05) is 11.6 Å². The third-order valence-corrected chi connectivity index (χ3v) is 4.95. The number of aromatic nitrogens is 3. The molecule has 154 valence electrons. The minimum absolute atomic E-state index is 0. The normalized spacial score (nSPS) is 17.8. The monoisotopic (exact) mass is 426 g/mol. The quantitative estimate of drug-likeness (QED) is 0.748. The van der Waals surface area contributed by atoms with Crippen molar-refractivity contribution in [2.24, 2.45) is 0 Å². The molecule has 2 saturated heterocycles. The van der Waals surface area contributed by atoms with Crippen molar-refractivity contribution in [3.63, 3.8) is 0 Å². The zero-order valence-corrected chi connectivity index (χ0v) is 17.7. The fraction of sp³-hybridized carbons (Fsp3) is 0.550. The smallest absolute Gasteiger partial charge is 0.236 e. The third kappa shape index (κ3) is 7.17. The van der Waals surface area contributed by atoms with Gasteiger partial charge in [0.1, 0.15) is 17.0 Å². The molecule has 2 fully saturated rings. The van der Waals surface area contributed by atoms with Crippen LogP contribution < -0.4 is 10.1 Å². The fourth-order valence-electron chi connectivity index (χ4n) is 3.25. The Morgan fingerprint density at radius 1 is 1.04 bits per heavy atom. The lowest BCUT2D eigenvalue weighted by Gasteiger charge is -2.26. The van der Waals surface area contributed by atoms with Crippen molar-refractivity contribution in [1.82, 2.24) is 20.3 Å². The van der Waals surface area contributed by atoms with E-state index in [-0.39, 0.29) is 18.5 Å². The van der Waals surface area contributed by atoms with Gasteiger partial charge in [-0.25, -0.2) is 9.97 Å². The van der Waals surface area contributed by atoms with Gasteiger partial charge in [0.15, 0.2) is 0 Å². The average molecular weight is 427 g/mol. The van der Waals surface area contributed by atoms with Crippen molar-refractivity contribution < 1.29 is 9.47 Å². The van der Waals surface area contributed by atoms with Gasteiger partial charge in [-0.3, -0.25) is 4.98 Å². The molecule has 4 heterocycles. The van der Waals surface area contributed by atoms with Crippen molar-refractivity contribution >= 4 is 24.0 Å². The van der Waals surface area contributed by atoms with Crippen LogP contribution in [0.1, 0.15) is 42.9 Å². The maximum Gasteiger partial charge on any atom is 0.236 e. The van der Waals surface area contributed by atoms with E-state index in [1.807, 2.05) is 19.1 Å². The molecule has 6 nitrogen and oxygen atoms in total. The van der Waals surface area contributed by atoms with Gasteiger partial charge >= 0.3 is 0 Å². The first-order chi connectivity index (χ1) is 13.2. The molecule has 0 aliphatic carbocycles. The van der Waals surface area contributed by atoms with E-state index in [0.29, 0.717) is 11.1 Å². The Hall–Kier alpha value is -1.47. The van der Waals surface area contributed by atoms with Crippen LogP contribution in [-0.4, -0.2) is 47.4 Å². The van der Waals surface area contributed by atoms with Gasteiger partial charge in [0.2, 0.25) is 5.88 Å². The summed E-state index contributed by atoms with van der Waals surface area (Å²) in [6.45, 7) is 5.66. The zero-order chi connectivity index (χ0) is 18.9. The van der Waals surface area contributed by atoms with E-state index in [2.05, 4.69) is 20.3 Å². The molecule has 2 aromatic rings. The number of piperidine rings is 1.